The molecule has 0 amide bonds. The number of nitrogens with one attached hydrogen (secondary N) is 2. The van der Waals surface area contributed by atoms with E-state index in [1.54, 1.807) is 13.1 Å². The molecule has 1 aromatic heterocycles. The molecule has 0 unspecified atom stereocenters. The molecule has 0 aliphatic heterocycles. The summed E-state index contributed by atoms with van der Waals surface area (Å²) in [7, 11) is 0. The molecule has 0 fully saturated rings. The number of hydrazone groups is 1. The molecule has 0 atom stereocenters. The third-order valence-electron chi connectivity index (χ3n) is 2.15. The maximum absolute atomic E-state index is 11.2. The molecule has 2 rings (SSSR count). The Bertz CT molecular complexity index is 636. The number of aryl methyl sites for hydroxylation is 1. The summed E-state index contributed by atoms with van der Waals surface area (Å²) < 4.78 is 1.10. The highest BCUT2D eigenvalue weighted by Gasteiger charge is 1.96. The van der Waals surface area contributed by atoms with Crippen LogP contribution in [0.15, 0.2) is 40.2 Å². The molecular weight excluding hydrogens is 343 g/mol. The molecule has 92 valence electrons. The Balaban J connectivity index is 2.12. The molecule has 0 saturated carbocycles. The molecule has 18 heavy (non-hydrogen) atoms. The molecule has 0 aliphatic carbocycles. The van der Waals surface area contributed by atoms with E-state index in [4.69, 9.17) is 0 Å². The molecule has 0 radical (unpaired) electrons. The summed E-state index contributed by atoms with van der Waals surface area (Å²) in [6.07, 6.45) is 1.68. The van der Waals surface area contributed by atoms with Crippen molar-refractivity contribution in [2.24, 2.45) is 5.10 Å². The summed E-state index contributed by atoms with van der Waals surface area (Å²) in [5.74, 6) is 0.335. The van der Waals surface area contributed by atoms with Gasteiger partial charge in [0.1, 0.15) is 0 Å². The lowest BCUT2D eigenvalue weighted by atomic mass is 10.2. The van der Waals surface area contributed by atoms with Gasteiger partial charge in [0.2, 0.25) is 5.95 Å². The zero-order valence-corrected chi connectivity index (χ0v) is 11.8. The number of halogens is 1. The summed E-state index contributed by atoms with van der Waals surface area (Å²) in [6.45, 7) is 1.75. The van der Waals surface area contributed by atoms with Gasteiger partial charge in [0, 0.05) is 20.9 Å². The van der Waals surface area contributed by atoms with Crippen molar-refractivity contribution < 1.29 is 0 Å². The second kappa shape index (κ2) is 5.76. The number of benzene rings is 1. The van der Waals surface area contributed by atoms with Crippen molar-refractivity contribution in [1.29, 1.82) is 0 Å². The van der Waals surface area contributed by atoms with Gasteiger partial charge in [0.05, 0.1) is 6.21 Å². The minimum atomic E-state index is -0.200. The fraction of sp³-hybridized carbons (Fsp3) is 0.0833. The van der Waals surface area contributed by atoms with Gasteiger partial charge in [-0.2, -0.15) is 5.10 Å². The van der Waals surface area contributed by atoms with E-state index < -0.39 is 0 Å². The molecule has 2 N–H and O–H groups in total. The fourth-order valence-electron chi connectivity index (χ4n) is 1.37. The van der Waals surface area contributed by atoms with Crippen molar-refractivity contribution in [1.82, 2.24) is 9.97 Å². The van der Waals surface area contributed by atoms with E-state index in [-0.39, 0.29) is 5.56 Å². The number of hydrogen-bond acceptors (Lipinski definition) is 4. The van der Waals surface area contributed by atoms with Crippen LogP contribution in [-0.4, -0.2) is 16.2 Å². The third kappa shape index (κ3) is 3.39. The van der Waals surface area contributed by atoms with E-state index in [1.807, 2.05) is 24.3 Å². The lowest BCUT2D eigenvalue weighted by Gasteiger charge is -2.00. The molecule has 6 heteroatoms. The van der Waals surface area contributed by atoms with Gasteiger partial charge in [-0.25, -0.2) is 10.4 Å². The first-order valence-corrected chi connectivity index (χ1v) is 6.34. The highest BCUT2D eigenvalue weighted by molar-refractivity contribution is 14.1. The highest BCUT2D eigenvalue weighted by atomic mass is 127. The van der Waals surface area contributed by atoms with Crippen molar-refractivity contribution in [2.45, 2.75) is 6.92 Å². The zero-order chi connectivity index (χ0) is 13.0. The van der Waals surface area contributed by atoms with Crippen molar-refractivity contribution in [3.63, 3.8) is 0 Å². The number of hydrogen-bond donors (Lipinski definition) is 2. The van der Waals surface area contributed by atoms with Gasteiger partial charge in [-0.3, -0.25) is 9.78 Å². The van der Waals surface area contributed by atoms with Crippen molar-refractivity contribution in [2.75, 3.05) is 5.43 Å². The Kier molecular flexibility index (Phi) is 4.08. The van der Waals surface area contributed by atoms with E-state index >= 15 is 0 Å². The van der Waals surface area contributed by atoms with Crippen LogP contribution in [0.2, 0.25) is 0 Å². The van der Waals surface area contributed by atoms with Gasteiger partial charge in [-0.15, -0.1) is 0 Å². The predicted octanol–water partition coefficient (Wildman–Crippen LogP) is 2.13. The minimum Gasteiger partial charge on any atom is -0.291 e. The molecule has 2 aromatic rings. The Hall–Kier alpha value is -1.70. The number of nitrogens with zero attached hydrogens (tertiary/aromatic N) is 2. The lowest BCUT2D eigenvalue weighted by molar-refractivity contribution is 1.04. The Labute approximate surface area is 117 Å². The van der Waals surface area contributed by atoms with Crippen LogP contribution < -0.4 is 11.0 Å². The number of aromatic nitrogens is 2. The van der Waals surface area contributed by atoms with Gasteiger partial charge < -0.3 is 0 Å². The van der Waals surface area contributed by atoms with Crippen LogP contribution in [0.4, 0.5) is 5.95 Å². The van der Waals surface area contributed by atoms with Crippen LogP contribution in [0.3, 0.4) is 0 Å². The fourth-order valence-corrected chi connectivity index (χ4v) is 1.90. The molecular formula is C12H11IN4O. The summed E-state index contributed by atoms with van der Waals surface area (Å²) in [5.41, 5.74) is 4.15. The maximum atomic E-state index is 11.2. The lowest BCUT2D eigenvalue weighted by Crippen LogP contribution is -2.10. The van der Waals surface area contributed by atoms with Gasteiger partial charge in [0.25, 0.3) is 5.56 Å². The minimum absolute atomic E-state index is 0.200. The predicted molar refractivity (Wildman–Crippen MR) is 80.0 cm³/mol. The van der Waals surface area contributed by atoms with Gasteiger partial charge in [-0.05, 0) is 35.6 Å². The van der Waals surface area contributed by atoms with E-state index in [1.165, 1.54) is 6.07 Å². The quantitative estimate of drug-likeness (QED) is 0.504. The summed E-state index contributed by atoms with van der Waals surface area (Å²) in [5, 5.41) is 4.04. The number of rotatable bonds is 3. The summed E-state index contributed by atoms with van der Waals surface area (Å²) in [4.78, 5) is 17.9. The molecule has 0 aliphatic rings. The number of aromatic amines is 1. The Morgan fingerprint density at radius 3 is 2.94 bits per heavy atom. The first-order valence-electron chi connectivity index (χ1n) is 5.27. The van der Waals surface area contributed by atoms with Gasteiger partial charge >= 0.3 is 0 Å². The maximum Gasteiger partial charge on any atom is 0.252 e. The molecule has 5 nitrogen and oxygen atoms in total. The summed E-state index contributed by atoms with van der Waals surface area (Å²) >= 11 is 2.23. The third-order valence-corrected chi connectivity index (χ3v) is 3.13. The molecule has 1 heterocycles. The molecule has 0 saturated heterocycles. The van der Waals surface area contributed by atoms with Gasteiger partial charge in [-0.1, -0.05) is 18.2 Å². The van der Waals surface area contributed by atoms with Gasteiger partial charge in [0.15, 0.2) is 0 Å². The van der Waals surface area contributed by atoms with Crippen LogP contribution >= 0.6 is 22.6 Å². The van der Waals surface area contributed by atoms with Crippen molar-refractivity contribution in [3.8, 4) is 0 Å². The van der Waals surface area contributed by atoms with Crippen molar-refractivity contribution >= 4 is 34.8 Å². The number of H-pyrrole nitrogens is 1. The number of anilines is 1. The standard InChI is InChI=1S/C12H11IN4O/c1-8-6-11(18)16-12(15-8)17-14-7-9-4-2-3-5-10(9)13/h2-7H,1H3,(H2,15,16,17,18)/b14-7+. The Morgan fingerprint density at radius 2 is 2.22 bits per heavy atom. The van der Waals surface area contributed by atoms with E-state index in [9.17, 15) is 4.79 Å². The molecule has 1 aromatic carbocycles. The van der Waals surface area contributed by atoms with Crippen LogP contribution in [0.1, 0.15) is 11.3 Å². The first kappa shape index (κ1) is 12.7. The normalized spacial score (nSPS) is 10.8. The molecule has 0 spiro atoms. The largest absolute Gasteiger partial charge is 0.291 e. The van der Waals surface area contributed by atoms with Crippen LogP contribution in [0, 0.1) is 10.5 Å². The summed E-state index contributed by atoms with van der Waals surface area (Å²) in [6, 6.07) is 9.28. The highest BCUT2D eigenvalue weighted by Crippen LogP contribution is 2.08. The van der Waals surface area contributed by atoms with E-state index in [0.29, 0.717) is 11.6 Å². The van der Waals surface area contributed by atoms with E-state index in [2.05, 4.69) is 43.1 Å². The smallest absolute Gasteiger partial charge is 0.252 e. The SMILES string of the molecule is Cc1cc(=O)[nH]c(N/N=C/c2ccccc2I)n1. The second-order valence-corrected chi connectivity index (χ2v) is 4.79. The van der Waals surface area contributed by atoms with Crippen LogP contribution in [0.25, 0.3) is 0 Å². The molecule has 0 bridgehead atoms. The van der Waals surface area contributed by atoms with Crippen LogP contribution in [-0.2, 0) is 0 Å². The Morgan fingerprint density at radius 1 is 1.44 bits per heavy atom. The topological polar surface area (TPSA) is 70.1 Å². The van der Waals surface area contributed by atoms with Crippen molar-refractivity contribution in [3.05, 3.63) is 55.5 Å². The monoisotopic (exact) mass is 354 g/mol. The average Bonchev–Trinajstić information content (AvgIpc) is 2.30. The average molecular weight is 354 g/mol. The van der Waals surface area contributed by atoms with E-state index in [0.717, 1.165) is 9.13 Å². The first-order chi connectivity index (χ1) is 8.65. The van der Waals surface area contributed by atoms with Crippen LogP contribution in [0.5, 0.6) is 0 Å². The zero-order valence-electron chi connectivity index (χ0n) is 9.64. The second-order valence-electron chi connectivity index (χ2n) is 3.63.